The third kappa shape index (κ3) is 3.35. The Morgan fingerprint density at radius 3 is 2.47 bits per heavy atom. The second kappa shape index (κ2) is 6.03. The van der Waals surface area contributed by atoms with Crippen molar-refractivity contribution < 1.29 is 14.7 Å². The molecule has 1 aliphatic carbocycles. The number of aliphatic carboxylic acids is 1. The summed E-state index contributed by atoms with van der Waals surface area (Å²) < 4.78 is 0.185. The van der Waals surface area contributed by atoms with Crippen LogP contribution in [0.4, 0.5) is 4.79 Å². The van der Waals surface area contributed by atoms with Crippen LogP contribution >= 0.6 is 11.8 Å². The van der Waals surface area contributed by atoms with E-state index in [1.54, 1.807) is 4.90 Å². The predicted octanol–water partition coefficient (Wildman–Crippen LogP) is 1.78. The van der Waals surface area contributed by atoms with Crippen molar-refractivity contribution in [1.82, 2.24) is 10.2 Å². The fourth-order valence-electron chi connectivity index (χ4n) is 2.80. The molecule has 2 N–H and O–H groups in total. The van der Waals surface area contributed by atoms with Gasteiger partial charge in [-0.15, -0.1) is 0 Å². The molecule has 1 heterocycles. The topological polar surface area (TPSA) is 69.6 Å². The van der Waals surface area contributed by atoms with Crippen molar-refractivity contribution in [2.24, 2.45) is 5.92 Å². The molecule has 0 radical (unpaired) electrons. The Balaban J connectivity index is 1.75. The summed E-state index contributed by atoms with van der Waals surface area (Å²) in [6, 6.07) is -0.114. The van der Waals surface area contributed by atoms with E-state index < -0.39 is 5.97 Å². The summed E-state index contributed by atoms with van der Waals surface area (Å²) in [4.78, 5) is 24.2. The molecule has 1 saturated carbocycles. The lowest BCUT2D eigenvalue weighted by molar-refractivity contribution is -0.146. The van der Waals surface area contributed by atoms with Gasteiger partial charge in [-0.25, -0.2) is 4.79 Å². The highest BCUT2D eigenvalue weighted by molar-refractivity contribution is 8.00. The van der Waals surface area contributed by atoms with E-state index in [0.717, 1.165) is 12.8 Å². The van der Waals surface area contributed by atoms with Gasteiger partial charge in [-0.05, 0) is 19.1 Å². The van der Waals surface area contributed by atoms with Gasteiger partial charge in [0.15, 0.2) is 0 Å². The Bertz CT molecular complexity index is 350. The summed E-state index contributed by atoms with van der Waals surface area (Å²) in [5, 5.41) is 11.8. The lowest BCUT2D eigenvalue weighted by atomic mass is 9.88. The van der Waals surface area contributed by atoms with Crippen molar-refractivity contribution in [3.63, 3.8) is 0 Å². The number of carbonyl (C=O) groups is 2. The minimum Gasteiger partial charge on any atom is -0.481 e. The van der Waals surface area contributed by atoms with Crippen molar-refractivity contribution in [2.45, 2.75) is 36.9 Å². The molecular formula is C13H22N2O3S. The van der Waals surface area contributed by atoms with Crippen LogP contribution in [0.2, 0.25) is 0 Å². The zero-order chi connectivity index (χ0) is 13.9. The second-order valence-corrected chi connectivity index (χ2v) is 6.82. The monoisotopic (exact) mass is 286 g/mol. The quantitative estimate of drug-likeness (QED) is 0.826. The van der Waals surface area contributed by atoms with Gasteiger partial charge >= 0.3 is 12.0 Å². The number of thioether (sulfide) groups is 1. The highest BCUT2D eigenvalue weighted by Crippen LogP contribution is 2.38. The van der Waals surface area contributed by atoms with Gasteiger partial charge in [-0.1, -0.05) is 19.3 Å². The molecule has 0 aromatic rings. The van der Waals surface area contributed by atoms with Crippen LogP contribution in [0.25, 0.3) is 0 Å². The number of likely N-dealkylation sites (tertiary alicyclic amines) is 1. The van der Waals surface area contributed by atoms with E-state index in [-0.39, 0.29) is 16.7 Å². The summed E-state index contributed by atoms with van der Waals surface area (Å²) in [5.41, 5.74) is 0. The predicted molar refractivity (Wildman–Crippen MR) is 75.4 cm³/mol. The maximum atomic E-state index is 11.9. The number of hydrogen-bond acceptors (Lipinski definition) is 3. The molecule has 2 amide bonds. The number of amides is 2. The number of rotatable bonds is 4. The van der Waals surface area contributed by atoms with Crippen molar-refractivity contribution >= 4 is 23.8 Å². The number of nitrogens with one attached hydrogen (secondary N) is 1. The Labute approximate surface area is 118 Å². The van der Waals surface area contributed by atoms with Gasteiger partial charge in [0, 0.05) is 24.4 Å². The molecule has 0 atom stereocenters. The summed E-state index contributed by atoms with van der Waals surface area (Å²) >= 11 is 1.85. The van der Waals surface area contributed by atoms with Crippen molar-refractivity contribution in [1.29, 1.82) is 0 Å². The van der Waals surface area contributed by atoms with Gasteiger partial charge in [0.2, 0.25) is 0 Å². The second-order valence-electron chi connectivity index (χ2n) is 5.55. The number of hydrogen-bond donors (Lipinski definition) is 2. The van der Waals surface area contributed by atoms with Gasteiger partial charge < -0.3 is 15.3 Å². The van der Waals surface area contributed by atoms with Crippen molar-refractivity contribution in [3.05, 3.63) is 0 Å². The maximum Gasteiger partial charge on any atom is 0.317 e. The number of urea groups is 1. The largest absolute Gasteiger partial charge is 0.481 e. The standard InChI is InChI=1S/C13H22N2O3S/c1-19-13(5-3-2-4-6-13)9-14-12(18)15-7-10(8-15)11(16)17/h10H,2-9H2,1H3,(H,14,18)(H,16,17). The van der Waals surface area contributed by atoms with E-state index in [1.165, 1.54) is 19.3 Å². The van der Waals surface area contributed by atoms with Crippen LogP contribution in [0.5, 0.6) is 0 Å². The molecule has 0 unspecified atom stereocenters. The maximum absolute atomic E-state index is 11.9. The molecule has 0 bridgehead atoms. The summed E-state index contributed by atoms with van der Waals surface area (Å²) in [6.45, 7) is 1.38. The molecule has 2 rings (SSSR count). The minimum absolute atomic E-state index is 0.114. The van der Waals surface area contributed by atoms with Crippen molar-refractivity contribution in [3.8, 4) is 0 Å². The highest BCUT2D eigenvalue weighted by atomic mass is 32.2. The fourth-order valence-corrected chi connectivity index (χ4v) is 3.71. The molecule has 5 nitrogen and oxygen atoms in total. The fraction of sp³-hybridized carbons (Fsp3) is 0.846. The van der Waals surface area contributed by atoms with E-state index in [1.807, 2.05) is 11.8 Å². The molecule has 0 aromatic carbocycles. The Morgan fingerprint density at radius 2 is 1.95 bits per heavy atom. The van der Waals surface area contributed by atoms with Crippen LogP contribution in [0.15, 0.2) is 0 Å². The van der Waals surface area contributed by atoms with Gasteiger partial charge in [-0.2, -0.15) is 11.8 Å². The molecule has 2 aliphatic rings. The summed E-state index contributed by atoms with van der Waals surface area (Å²) in [5.74, 6) is -1.19. The average molecular weight is 286 g/mol. The molecule has 2 fully saturated rings. The summed E-state index contributed by atoms with van der Waals surface area (Å²) in [6.07, 6.45) is 8.20. The number of carboxylic acids is 1. The lowest BCUT2D eigenvalue weighted by Crippen LogP contribution is -2.57. The van der Waals surface area contributed by atoms with E-state index in [4.69, 9.17) is 5.11 Å². The first-order chi connectivity index (χ1) is 9.06. The van der Waals surface area contributed by atoms with Crippen LogP contribution in [-0.4, -0.2) is 52.6 Å². The van der Waals surface area contributed by atoms with E-state index in [2.05, 4.69) is 11.6 Å². The van der Waals surface area contributed by atoms with Gasteiger partial charge in [-0.3, -0.25) is 4.79 Å². The number of carboxylic acid groups (broad SMARTS) is 1. The van der Waals surface area contributed by atoms with E-state index in [0.29, 0.717) is 19.6 Å². The lowest BCUT2D eigenvalue weighted by Gasteiger charge is -2.39. The minimum atomic E-state index is -0.808. The average Bonchev–Trinajstić information content (AvgIpc) is 2.35. The van der Waals surface area contributed by atoms with Crippen LogP contribution in [0.3, 0.4) is 0 Å². The van der Waals surface area contributed by atoms with Crippen LogP contribution in [-0.2, 0) is 4.79 Å². The molecule has 0 spiro atoms. The summed E-state index contributed by atoms with van der Waals surface area (Å²) in [7, 11) is 0. The van der Waals surface area contributed by atoms with E-state index >= 15 is 0 Å². The van der Waals surface area contributed by atoms with Crippen molar-refractivity contribution in [2.75, 3.05) is 25.9 Å². The Kier molecular flexibility index (Phi) is 4.60. The van der Waals surface area contributed by atoms with E-state index in [9.17, 15) is 9.59 Å². The first-order valence-corrected chi connectivity index (χ1v) is 8.09. The number of nitrogens with zero attached hydrogens (tertiary/aromatic N) is 1. The molecule has 1 saturated heterocycles. The Hall–Kier alpha value is -0.910. The molecule has 1 aliphatic heterocycles. The molecule has 6 heteroatoms. The first-order valence-electron chi connectivity index (χ1n) is 6.87. The first kappa shape index (κ1) is 14.5. The van der Waals surface area contributed by atoms with Gasteiger partial charge in [0.1, 0.15) is 0 Å². The normalized spacial score (nSPS) is 22.7. The molecular weight excluding hydrogens is 264 g/mol. The van der Waals surface area contributed by atoms with Gasteiger partial charge in [0.25, 0.3) is 0 Å². The Morgan fingerprint density at radius 1 is 1.32 bits per heavy atom. The molecule has 108 valence electrons. The van der Waals surface area contributed by atoms with Crippen LogP contribution in [0.1, 0.15) is 32.1 Å². The number of carbonyl (C=O) groups excluding carboxylic acids is 1. The molecule has 0 aromatic heterocycles. The zero-order valence-electron chi connectivity index (χ0n) is 11.4. The van der Waals surface area contributed by atoms with Crippen LogP contribution in [0, 0.1) is 5.92 Å². The SMILES string of the molecule is CSC1(CNC(=O)N2CC(C(=O)O)C2)CCCCC1. The highest BCUT2D eigenvalue weighted by Gasteiger charge is 2.37. The third-order valence-corrected chi connectivity index (χ3v) is 5.70. The third-order valence-electron chi connectivity index (χ3n) is 4.28. The smallest absolute Gasteiger partial charge is 0.317 e. The zero-order valence-corrected chi connectivity index (χ0v) is 12.2. The van der Waals surface area contributed by atoms with Crippen LogP contribution < -0.4 is 5.32 Å². The molecule has 19 heavy (non-hydrogen) atoms. The van der Waals surface area contributed by atoms with Gasteiger partial charge in [0.05, 0.1) is 5.92 Å².